The van der Waals surface area contributed by atoms with Crippen molar-refractivity contribution in [3.05, 3.63) is 63.1 Å². The van der Waals surface area contributed by atoms with Crippen LogP contribution >= 0.6 is 15.6 Å². The fourth-order valence-corrected chi connectivity index (χ4v) is 7.37. The molecule has 3 heterocycles. The van der Waals surface area contributed by atoms with Gasteiger partial charge in [0.05, 0.1) is 25.4 Å². The van der Waals surface area contributed by atoms with Gasteiger partial charge in [-0.15, -0.1) is 0 Å². The first-order chi connectivity index (χ1) is 24.8. The second kappa shape index (κ2) is 17.5. The summed E-state index contributed by atoms with van der Waals surface area (Å²) in [7, 11) is -11.0. The number of aliphatic hydroxyl groups is 2. The third-order valence-corrected chi connectivity index (χ3v) is 10.0. The molecule has 0 amide bonds. The van der Waals surface area contributed by atoms with E-state index in [9.17, 15) is 43.4 Å². The number of ether oxygens (including phenoxy) is 5. The summed E-state index contributed by atoms with van der Waals surface area (Å²) >= 11 is 0. The van der Waals surface area contributed by atoms with Crippen molar-refractivity contribution in [2.75, 3.05) is 6.61 Å². The third kappa shape index (κ3) is 11.3. The van der Waals surface area contributed by atoms with E-state index >= 15 is 0 Å². The van der Waals surface area contributed by atoms with Crippen molar-refractivity contribution in [2.24, 2.45) is 0 Å². The standard InChI is InChI=1S/C29H39N3O19P2/c1-15(2)43-28(37)45-17(5)49-53(41,50-18(6)46-29(38)44-16(3)4)51-52(39,40)42-14-22-24(34)25(35)26(47-22)31-12-11-23(33)32(27(31)36)13-20-19-9-7-8-10-21(19)48-30-20/h7-12,15-18,22,24-26,34-35H,13-14H2,1-6H3,(H,39,40)/t17?,18?,22-,24?,25?,26-,53?/m1/s1. The number of phosphoric acid groups is 2. The zero-order valence-corrected chi connectivity index (χ0v) is 30.9. The van der Waals surface area contributed by atoms with Crippen LogP contribution in [0.25, 0.3) is 11.0 Å². The number of aliphatic hydroxyl groups excluding tert-OH is 2. The van der Waals surface area contributed by atoms with Crippen molar-refractivity contribution in [3.8, 4) is 0 Å². The molecule has 0 saturated carbocycles. The SMILES string of the molecule is CC(C)OC(=O)OC(C)OP(=O)(OC(C)OC(=O)OC(C)C)OP(=O)(O)OC[C@H]1O[C@@H](n2ccc(=O)n(Cc3noc4ccccc34)c2=O)C(O)C1O. The van der Waals surface area contributed by atoms with Crippen LogP contribution in [-0.4, -0.2) is 91.4 Å². The molecule has 1 aliphatic rings. The number of aromatic nitrogens is 3. The number of rotatable bonds is 16. The Balaban J connectivity index is 1.47. The Morgan fingerprint density at radius 1 is 0.887 bits per heavy atom. The van der Waals surface area contributed by atoms with Gasteiger partial charge in [0.1, 0.15) is 24.0 Å². The van der Waals surface area contributed by atoms with Crippen LogP contribution in [0.15, 0.2) is 50.6 Å². The number of fused-ring (bicyclic) bond motifs is 1. The van der Waals surface area contributed by atoms with E-state index in [0.717, 1.165) is 35.2 Å². The molecule has 7 atom stereocenters. The van der Waals surface area contributed by atoms with Crippen molar-refractivity contribution in [1.82, 2.24) is 14.3 Å². The molecular weight excluding hydrogens is 756 g/mol. The van der Waals surface area contributed by atoms with E-state index in [-0.39, 0.29) is 12.2 Å². The highest BCUT2D eigenvalue weighted by Crippen LogP contribution is 2.64. The van der Waals surface area contributed by atoms with E-state index in [1.165, 1.54) is 27.7 Å². The average Bonchev–Trinajstić information content (AvgIpc) is 3.56. The number of benzene rings is 1. The van der Waals surface area contributed by atoms with E-state index < -0.39 is 95.1 Å². The molecule has 24 heteroatoms. The molecule has 0 radical (unpaired) electrons. The number of nitrogens with zero attached hydrogens (tertiary/aromatic N) is 3. The smallest absolute Gasteiger partial charge is 0.432 e. The van der Waals surface area contributed by atoms with Crippen LogP contribution in [0.2, 0.25) is 0 Å². The lowest BCUT2D eigenvalue weighted by Gasteiger charge is -2.25. The molecule has 53 heavy (non-hydrogen) atoms. The molecule has 5 unspecified atom stereocenters. The van der Waals surface area contributed by atoms with Gasteiger partial charge in [-0.05, 0) is 53.7 Å². The van der Waals surface area contributed by atoms with Crippen LogP contribution in [0, 0.1) is 0 Å². The monoisotopic (exact) mass is 795 g/mol. The highest BCUT2D eigenvalue weighted by Gasteiger charge is 2.47. The molecule has 1 fully saturated rings. The predicted octanol–water partition coefficient (Wildman–Crippen LogP) is 2.91. The number of hydrogen-bond acceptors (Lipinski definition) is 19. The Labute approximate surface area is 300 Å². The Morgan fingerprint density at radius 3 is 2.06 bits per heavy atom. The molecule has 4 rings (SSSR count). The van der Waals surface area contributed by atoms with Crippen LogP contribution in [0.5, 0.6) is 0 Å². The molecule has 3 aromatic rings. The van der Waals surface area contributed by atoms with E-state index in [1.54, 1.807) is 24.3 Å². The normalized spacial score (nSPS) is 22.2. The van der Waals surface area contributed by atoms with E-state index in [1.807, 2.05) is 0 Å². The number of carbonyl (C=O) groups excluding carboxylic acids is 2. The minimum Gasteiger partial charge on any atom is -0.432 e. The van der Waals surface area contributed by atoms with Gasteiger partial charge in [0.25, 0.3) is 5.56 Å². The van der Waals surface area contributed by atoms with Gasteiger partial charge in [-0.2, -0.15) is 4.31 Å². The summed E-state index contributed by atoms with van der Waals surface area (Å²) < 4.78 is 77.6. The molecule has 0 spiro atoms. The Morgan fingerprint density at radius 2 is 1.47 bits per heavy atom. The van der Waals surface area contributed by atoms with Crippen LogP contribution in [0.3, 0.4) is 0 Å². The van der Waals surface area contributed by atoms with Gasteiger partial charge in [0.15, 0.2) is 11.8 Å². The third-order valence-electron chi connectivity index (χ3n) is 6.82. The van der Waals surface area contributed by atoms with Crippen LogP contribution in [-0.2, 0) is 57.2 Å². The first kappa shape index (κ1) is 41.8. The Bertz CT molecular complexity index is 1920. The topological polar surface area (TPSA) is 282 Å². The van der Waals surface area contributed by atoms with Crippen molar-refractivity contribution >= 4 is 38.9 Å². The molecule has 0 bridgehead atoms. The van der Waals surface area contributed by atoms with E-state index in [2.05, 4.69) is 9.47 Å². The maximum absolute atomic E-state index is 13.5. The Hall–Kier alpha value is -3.95. The molecule has 3 N–H and O–H groups in total. The van der Waals surface area contributed by atoms with Crippen molar-refractivity contribution < 1.29 is 79.9 Å². The van der Waals surface area contributed by atoms with Crippen molar-refractivity contribution in [1.29, 1.82) is 0 Å². The highest BCUT2D eigenvalue weighted by molar-refractivity contribution is 7.61. The van der Waals surface area contributed by atoms with Gasteiger partial charge in [-0.25, -0.2) is 32.6 Å². The summed E-state index contributed by atoms with van der Waals surface area (Å²) in [6.07, 6.45) is -13.4. The molecule has 0 aliphatic carbocycles. The number of phosphoric ester groups is 2. The minimum atomic E-state index is -5.57. The van der Waals surface area contributed by atoms with Crippen molar-refractivity contribution in [2.45, 2.75) is 97.4 Å². The van der Waals surface area contributed by atoms with Crippen LogP contribution < -0.4 is 11.2 Å². The molecule has 22 nitrogen and oxygen atoms in total. The Kier molecular flexibility index (Phi) is 13.8. The first-order valence-electron chi connectivity index (χ1n) is 15.8. The van der Waals surface area contributed by atoms with Gasteiger partial charge < -0.3 is 43.3 Å². The number of carbonyl (C=O) groups is 2. The molecule has 294 valence electrons. The molecule has 1 aromatic carbocycles. The largest absolute Gasteiger partial charge is 0.510 e. The number of para-hydroxylation sites is 1. The molecule has 2 aromatic heterocycles. The zero-order chi connectivity index (χ0) is 39.2. The molecule has 1 saturated heterocycles. The van der Waals surface area contributed by atoms with Gasteiger partial charge in [-0.3, -0.25) is 18.5 Å². The zero-order valence-electron chi connectivity index (χ0n) is 29.1. The van der Waals surface area contributed by atoms with Gasteiger partial charge >= 0.3 is 33.6 Å². The quantitative estimate of drug-likeness (QED) is 0.107. The summed E-state index contributed by atoms with van der Waals surface area (Å²) in [6.45, 7) is 6.69. The van der Waals surface area contributed by atoms with Crippen LogP contribution in [0.1, 0.15) is 53.5 Å². The van der Waals surface area contributed by atoms with Crippen LogP contribution in [0.4, 0.5) is 9.59 Å². The van der Waals surface area contributed by atoms with Gasteiger partial charge in [0.2, 0.25) is 12.6 Å². The maximum Gasteiger partial charge on any atom is 0.510 e. The summed E-state index contributed by atoms with van der Waals surface area (Å²) in [6, 6.07) is 7.74. The summed E-state index contributed by atoms with van der Waals surface area (Å²) in [5.41, 5.74) is -1.04. The number of hydrogen-bond donors (Lipinski definition) is 3. The molecular formula is C29H39N3O19P2. The highest BCUT2D eigenvalue weighted by atomic mass is 31.3. The minimum absolute atomic E-state index is 0.258. The van der Waals surface area contributed by atoms with E-state index in [4.69, 9.17) is 41.8 Å². The lowest BCUT2D eigenvalue weighted by atomic mass is 10.1. The lowest BCUT2D eigenvalue weighted by Crippen LogP contribution is -2.43. The van der Waals surface area contributed by atoms with Gasteiger partial charge in [0, 0.05) is 17.6 Å². The summed E-state index contributed by atoms with van der Waals surface area (Å²) in [4.78, 5) is 60.4. The van der Waals surface area contributed by atoms with Gasteiger partial charge in [-0.1, -0.05) is 17.3 Å². The lowest BCUT2D eigenvalue weighted by molar-refractivity contribution is -0.101. The average molecular weight is 796 g/mol. The fraction of sp³-hybridized carbons (Fsp3) is 0.552. The fourth-order valence-electron chi connectivity index (χ4n) is 4.67. The predicted molar refractivity (Wildman–Crippen MR) is 175 cm³/mol. The summed E-state index contributed by atoms with van der Waals surface area (Å²) in [5, 5.41) is 25.9. The second-order valence-corrected chi connectivity index (χ2v) is 15.0. The van der Waals surface area contributed by atoms with Crippen molar-refractivity contribution in [3.63, 3.8) is 0 Å². The maximum atomic E-state index is 13.5. The first-order valence-corrected chi connectivity index (χ1v) is 18.8. The summed E-state index contributed by atoms with van der Waals surface area (Å²) in [5.74, 6) is 0. The van der Waals surface area contributed by atoms with E-state index in [0.29, 0.717) is 11.0 Å². The molecule has 1 aliphatic heterocycles. The second-order valence-electron chi connectivity index (χ2n) is 11.8.